The van der Waals surface area contributed by atoms with Crippen molar-refractivity contribution in [2.75, 3.05) is 18.2 Å². The Hall–Kier alpha value is -2.26. The summed E-state index contributed by atoms with van der Waals surface area (Å²) in [4.78, 5) is 4.69. The second-order valence-electron chi connectivity index (χ2n) is 5.03. The maximum atomic E-state index is 9.14. The number of nitrogens with zero attached hydrogens (tertiary/aromatic N) is 2. The Labute approximate surface area is 127 Å². The molecule has 2 aromatic heterocycles. The lowest BCUT2D eigenvalue weighted by Crippen LogP contribution is -2.01. The number of nitrogens with one attached hydrogen (secondary N) is 1. The first kappa shape index (κ1) is 13.7. The van der Waals surface area contributed by atoms with Crippen molar-refractivity contribution >= 4 is 22.0 Å². The van der Waals surface area contributed by atoms with E-state index in [1.165, 1.54) is 11.3 Å². The highest BCUT2D eigenvalue weighted by atomic mass is 32.1. The Morgan fingerprint density at radius 3 is 3.05 bits per heavy atom. The average molecular weight is 300 g/mol. The van der Waals surface area contributed by atoms with E-state index in [9.17, 15) is 0 Å². The van der Waals surface area contributed by atoms with Gasteiger partial charge in [0.25, 0.3) is 0 Å². The zero-order valence-corrected chi connectivity index (χ0v) is 12.5. The molecule has 1 aliphatic rings. The highest BCUT2D eigenvalue weighted by Crippen LogP contribution is 2.50. The summed E-state index contributed by atoms with van der Waals surface area (Å²) in [7, 11) is 1.60. The first-order valence-corrected chi connectivity index (χ1v) is 7.59. The van der Waals surface area contributed by atoms with E-state index in [4.69, 9.17) is 15.7 Å². The number of hydrogen-bond donors (Lipinski definition) is 2. The van der Waals surface area contributed by atoms with E-state index < -0.39 is 0 Å². The summed E-state index contributed by atoms with van der Waals surface area (Å²) in [5, 5.41) is 13.6. The summed E-state index contributed by atoms with van der Waals surface area (Å²) >= 11 is 1.44. The van der Waals surface area contributed by atoms with E-state index in [2.05, 4.69) is 16.4 Å². The topological polar surface area (TPSA) is 84.0 Å². The Kier molecular flexibility index (Phi) is 3.67. The van der Waals surface area contributed by atoms with E-state index in [0.717, 1.165) is 29.0 Å². The number of pyridine rings is 1. The van der Waals surface area contributed by atoms with Gasteiger partial charge in [0.05, 0.1) is 17.8 Å². The van der Waals surface area contributed by atoms with Crippen molar-refractivity contribution in [2.45, 2.75) is 25.3 Å². The molecular weight excluding hydrogens is 284 g/mol. The van der Waals surface area contributed by atoms with Crippen LogP contribution >= 0.6 is 11.3 Å². The van der Waals surface area contributed by atoms with Gasteiger partial charge in [0.15, 0.2) is 0 Å². The van der Waals surface area contributed by atoms with Gasteiger partial charge in [-0.1, -0.05) is 0 Å². The van der Waals surface area contributed by atoms with Crippen LogP contribution in [0.15, 0.2) is 18.3 Å². The maximum Gasteiger partial charge on any atom is 0.213 e. The number of ether oxygens (including phenoxy) is 1. The number of hydrogen-bond acceptors (Lipinski definition) is 6. The molecule has 1 saturated carbocycles. The van der Waals surface area contributed by atoms with Crippen LogP contribution in [0.1, 0.15) is 34.8 Å². The van der Waals surface area contributed by atoms with Crippen LogP contribution in [0.25, 0.3) is 0 Å². The van der Waals surface area contributed by atoms with Crippen LogP contribution in [0.3, 0.4) is 0 Å². The summed E-state index contributed by atoms with van der Waals surface area (Å²) in [5.74, 6) is 1.11. The Morgan fingerprint density at radius 2 is 2.38 bits per heavy atom. The van der Waals surface area contributed by atoms with Crippen molar-refractivity contribution in [3.63, 3.8) is 0 Å². The third-order valence-corrected chi connectivity index (χ3v) is 4.62. The lowest BCUT2D eigenvalue weighted by Gasteiger charge is -2.08. The van der Waals surface area contributed by atoms with Gasteiger partial charge in [-0.05, 0) is 30.4 Å². The van der Waals surface area contributed by atoms with Crippen molar-refractivity contribution in [1.82, 2.24) is 4.98 Å². The van der Waals surface area contributed by atoms with Gasteiger partial charge in [0.2, 0.25) is 5.88 Å². The lowest BCUT2D eigenvalue weighted by molar-refractivity contribution is 0.397. The SMILES string of the molecule is COc1cc(CNc2sc(C#N)c(N)c2C2CC2)ccn1. The smallest absolute Gasteiger partial charge is 0.213 e. The number of thiophene rings is 1. The van der Waals surface area contributed by atoms with E-state index in [0.29, 0.717) is 28.9 Å². The molecule has 0 saturated heterocycles. The van der Waals surface area contributed by atoms with E-state index in [1.54, 1.807) is 13.3 Å². The summed E-state index contributed by atoms with van der Waals surface area (Å²) in [6, 6.07) is 6.01. The predicted molar refractivity (Wildman–Crippen MR) is 83.5 cm³/mol. The number of rotatable bonds is 5. The number of methoxy groups -OCH3 is 1. The second kappa shape index (κ2) is 5.62. The summed E-state index contributed by atoms with van der Waals surface area (Å²) < 4.78 is 5.12. The fraction of sp³-hybridized carbons (Fsp3) is 0.333. The van der Waals surface area contributed by atoms with Gasteiger partial charge in [-0.25, -0.2) is 4.98 Å². The Morgan fingerprint density at radius 1 is 1.57 bits per heavy atom. The first-order chi connectivity index (χ1) is 10.2. The molecule has 0 aromatic carbocycles. The summed E-state index contributed by atoms with van der Waals surface area (Å²) in [5.41, 5.74) is 8.94. The molecule has 0 radical (unpaired) electrons. The quantitative estimate of drug-likeness (QED) is 0.886. The molecule has 1 fully saturated rings. The highest BCUT2D eigenvalue weighted by molar-refractivity contribution is 7.17. The molecule has 6 heteroatoms. The van der Waals surface area contributed by atoms with Gasteiger partial charge < -0.3 is 15.8 Å². The molecule has 0 bridgehead atoms. The largest absolute Gasteiger partial charge is 0.481 e. The monoisotopic (exact) mass is 300 g/mol. The zero-order valence-electron chi connectivity index (χ0n) is 11.7. The van der Waals surface area contributed by atoms with Crippen LogP contribution in [0.2, 0.25) is 0 Å². The fourth-order valence-electron chi connectivity index (χ4n) is 2.30. The molecule has 3 rings (SSSR count). The third-order valence-electron chi connectivity index (χ3n) is 3.53. The standard InChI is InChI=1S/C15H16N4OS/c1-20-12-6-9(4-5-18-12)8-19-15-13(10-2-3-10)14(17)11(7-16)21-15/h4-6,10,19H,2-3,8,17H2,1H3. The van der Waals surface area contributed by atoms with E-state index in [-0.39, 0.29) is 0 Å². The van der Waals surface area contributed by atoms with Crippen molar-refractivity contribution in [3.8, 4) is 11.9 Å². The molecule has 2 aromatic rings. The molecule has 0 unspecified atom stereocenters. The second-order valence-corrected chi connectivity index (χ2v) is 6.05. The van der Waals surface area contributed by atoms with Crippen molar-refractivity contribution < 1.29 is 4.74 Å². The Bertz CT molecular complexity index is 700. The van der Waals surface area contributed by atoms with Gasteiger partial charge in [0, 0.05) is 24.4 Å². The number of anilines is 2. The van der Waals surface area contributed by atoms with E-state index >= 15 is 0 Å². The van der Waals surface area contributed by atoms with Gasteiger partial charge in [-0.3, -0.25) is 0 Å². The van der Waals surface area contributed by atoms with Gasteiger partial charge in [-0.15, -0.1) is 11.3 Å². The average Bonchev–Trinajstić information content (AvgIpc) is 3.29. The molecule has 5 nitrogen and oxygen atoms in total. The predicted octanol–water partition coefficient (Wildman–Crippen LogP) is 3.10. The minimum absolute atomic E-state index is 0.512. The van der Waals surface area contributed by atoms with Crippen LogP contribution in [0, 0.1) is 11.3 Å². The first-order valence-electron chi connectivity index (χ1n) is 6.78. The van der Waals surface area contributed by atoms with Crippen LogP contribution in [-0.4, -0.2) is 12.1 Å². The molecule has 108 valence electrons. The molecule has 2 heterocycles. The van der Waals surface area contributed by atoms with E-state index in [1.807, 2.05) is 12.1 Å². The number of nitriles is 1. The number of aromatic nitrogens is 1. The number of nitrogens with two attached hydrogens (primary N) is 1. The Balaban J connectivity index is 1.80. The van der Waals surface area contributed by atoms with Crippen LogP contribution in [-0.2, 0) is 6.54 Å². The summed E-state index contributed by atoms with van der Waals surface area (Å²) in [6.45, 7) is 0.656. The number of nitrogen functional groups attached to an aromatic ring is 1. The normalized spacial score (nSPS) is 13.7. The molecule has 0 spiro atoms. The minimum atomic E-state index is 0.512. The third kappa shape index (κ3) is 2.78. The van der Waals surface area contributed by atoms with Crippen LogP contribution in [0.5, 0.6) is 5.88 Å². The van der Waals surface area contributed by atoms with Crippen LogP contribution in [0.4, 0.5) is 10.7 Å². The van der Waals surface area contributed by atoms with Gasteiger partial charge in [0.1, 0.15) is 10.9 Å². The zero-order chi connectivity index (χ0) is 14.8. The van der Waals surface area contributed by atoms with Crippen molar-refractivity contribution in [2.24, 2.45) is 0 Å². The molecule has 21 heavy (non-hydrogen) atoms. The fourth-order valence-corrected chi connectivity index (χ4v) is 3.30. The van der Waals surface area contributed by atoms with Gasteiger partial charge in [-0.2, -0.15) is 5.26 Å². The molecule has 3 N–H and O–H groups in total. The summed E-state index contributed by atoms with van der Waals surface area (Å²) in [6.07, 6.45) is 4.04. The molecule has 0 amide bonds. The molecular formula is C15H16N4OS. The minimum Gasteiger partial charge on any atom is -0.481 e. The van der Waals surface area contributed by atoms with Crippen LogP contribution < -0.4 is 15.8 Å². The lowest BCUT2D eigenvalue weighted by atomic mass is 10.1. The molecule has 0 aliphatic heterocycles. The van der Waals surface area contributed by atoms with Crippen molar-refractivity contribution in [1.29, 1.82) is 5.26 Å². The molecule has 1 aliphatic carbocycles. The van der Waals surface area contributed by atoms with Crippen molar-refractivity contribution in [3.05, 3.63) is 34.3 Å². The molecule has 0 atom stereocenters. The maximum absolute atomic E-state index is 9.14. The highest BCUT2D eigenvalue weighted by Gasteiger charge is 2.31. The van der Waals surface area contributed by atoms with Gasteiger partial charge >= 0.3 is 0 Å².